The van der Waals surface area contributed by atoms with E-state index in [-0.39, 0.29) is 18.5 Å². The van der Waals surface area contributed by atoms with Crippen molar-refractivity contribution >= 4 is 17.7 Å². The second-order valence-corrected chi connectivity index (χ2v) is 5.78. The number of hydrogen-bond donors (Lipinski definition) is 3. The number of amides is 2. The maximum absolute atomic E-state index is 11.9. The van der Waals surface area contributed by atoms with E-state index in [1.54, 1.807) is 24.1 Å². The molecule has 1 rings (SSSR count). The molecule has 0 bridgehead atoms. The minimum Gasteiger partial charge on any atom is -0.466 e. The van der Waals surface area contributed by atoms with E-state index in [1.807, 2.05) is 19.1 Å². The fourth-order valence-electron chi connectivity index (χ4n) is 2.18. The zero-order valence-corrected chi connectivity index (χ0v) is 16.1. The molecule has 0 aliphatic heterocycles. The molecule has 27 heavy (non-hydrogen) atoms. The minimum absolute atomic E-state index is 0.234. The van der Waals surface area contributed by atoms with Crippen molar-refractivity contribution in [2.45, 2.75) is 33.2 Å². The summed E-state index contributed by atoms with van der Waals surface area (Å²) in [6.07, 6.45) is 0.863. The number of benzene rings is 1. The first-order valence-electron chi connectivity index (χ1n) is 9.06. The fourth-order valence-corrected chi connectivity index (χ4v) is 2.18. The van der Waals surface area contributed by atoms with E-state index in [0.29, 0.717) is 50.5 Å². The lowest BCUT2D eigenvalue weighted by atomic mass is 10.2. The van der Waals surface area contributed by atoms with Crippen LogP contribution in [0.4, 0.5) is 10.5 Å². The van der Waals surface area contributed by atoms with E-state index >= 15 is 0 Å². The summed E-state index contributed by atoms with van der Waals surface area (Å²) in [5.41, 5.74) is 7.89. The third-order valence-corrected chi connectivity index (χ3v) is 3.60. The van der Waals surface area contributed by atoms with Gasteiger partial charge in [0.25, 0.3) is 0 Å². The van der Waals surface area contributed by atoms with Crippen LogP contribution in [0.1, 0.15) is 32.3 Å². The molecular weight excluding hydrogens is 348 g/mol. The number of nitrogens with two attached hydrogens (primary N) is 1. The Morgan fingerprint density at radius 2 is 1.89 bits per heavy atom. The van der Waals surface area contributed by atoms with Gasteiger partial charge in [-0.3, -0.25) is 14.7 Å². The summed E-state index contributed by atoms with van der Waals surface area (Å²) in [6, 6.07) is 6.99. The molecule has 0 unspecified atom stereocenters. The van der Waals surface area contributed by atoms with Crippen LogP contribution in [0.15, 0.2) is 36.5 Å². The van der Waals surface area contributed by atoms with Crippen LogP contribution in [-0.2, 0) is 20.9 Å². The van der Waals surface area contributed by atoms with Gasteiger partial charge in [0.2, 0.25) is 0 Å². The highest BCUT2D eigenvalue weighted by atomic mass is 16.7. The molecule has 0 heterocycles. The summed E-state index contributed by atoms with van der Waals surface area (Å²) >= 11 is 0. The Morgan fingerprint density at radius 3 is 2.52 bits per heavy atom. The molecular formula is C19H30N4O4. The molecule has 8 heteroatoms. The number of nitrogens with one attached hydrogen (secondary N) is 2. The molecule has 1 aromatic rings. The lowest BCUT2D eigenvalue weighted by molar-refractivity contribution is -0.147. The second-order valence-electron chi connectivity index (χ2n) is 5.78. The van der Waals surface area contributed by atoms with Crippen LogP contribution in [0, 0.1) is 0 Å². The van der Waals surface area contributed by atoms with Crippen LogP contribution in [0.2, 0.25) is 0 Å². The maximum Gasteiger partial charge on any atom is 0.315 e. The minimum atomic E-state index is -0.300. The van der Waals surface area contributed by atoms with E-state index in [0.717, 1.165) is 5.56 Å². The number of anilines is 1. The predicted octanol–water partition coefficient (Wildman–Crippen LogP) is 2.18. The normalized spacial score (nSPS) is 10.1. The molecule has 150 valence electrons. The average molecular weight is 378 g/mol. The van der Waals surface area contributed by atoms with Gasteiger partial charge in [-0.05, 0) is 38.0 Å². The number of carbonyl (C=O) groups excluding carboxylic acids is 2. The van der Waals surface area contributed by atoms with Crippen LogP contribution < -0.4 is 16.4 Å². The smallest absolute Gasteiger partial charge is 0.315 e. The number of likely N-dealkylation sites (N-methyl/N-ethyl adjacent to an activating group) is 1. The number of urea groups is 1. The van der Waals surface area contributed by atoms with Gasteiger partial charge in [0.1, 0.15) is 0 Å². The van der Waals surface area contributed by atoms with Crippen molar-refractivity contribution in [1.29, 1.82) is 0 Å². The molecule has 0 saturated heterocycles. The van der Waals surface area contributed by atoms with E-state index < -0.39 is 0 Å². The highest BCUT2D eigenvalue weighted by molar-refractivity contribution is 5.74. The quantitative estimate of drug-likeness (QED) is 0.223. The number of hydroxylamine groups is 2. The molecule has 1 aromatic carbocycles. The summed E-state index contributed by atoms with van der Waals surface area (Å²) in [5.74, 6) is -0.234. The summed E-state index contributed by atoms with van der Waals surface area (Å²) in [4.78, 5) is 28.8. The van der Waals surface area contributed by atoms with E-state index in [1.165, 1.54) is 0 Å². The van der Waals surface area contributed by atoms with Crippen molar-refractivity contribution in [1.82, 2.24) is 15.7 Å². The van der Waals surface area contributed by atoms with Gasteiger partial charge < -0.3 is 21.1 Å². The van der Waals surface area contributed by atoms with E-state index in [2.05, 4.69) is 17.2 Å². The van der Waals surface area contributed by atoms with Gasteiger partial charge in [0, 0.05) is 25.2 Å². The van der Waals surface area contributed by atoms with E-state index in [4.69, 9.17) is 15.3 Å². The Hall–Kier alpha value is -2.74. The molecule has 0 aliphatic carbocycles. The van der Waals surface area contributed by atoms with Gasteiger partial charge in [-0.2, -0.15) is 0 Å². The third-order valence-electron chi connectivity index (χ3n) is 3.60. The number of hydrogen-bond acceptors (Lipinski definition) is 6. The summed E-state index contributed by atoms with van der Waals surface area (Å²) < 4.78 is 4.86. The zero-order chi connectivity index (χ0) is 20.1. The standard InChI is InChI=1S/C19H30N4O4/c1-4-23(27-12-6-7-18(24)26-5-2)15(3)13-21-19(25)22-14-16-8-10-17(20)11-9-16/h8-11H,3-7,12-14,20H2,1-2H3,(H2,21,22,25). The van der Waals surface area contributed by atoms with E-state index in [9.17, 15) is 9.59 Å². The van der Waals surface area contributed by atoms with Crippen molar-refractivity contribution in [3.8, 4) is 0 Å². The van der Waals surface area contributed by atoms with Crippen LogP contribution in [0.3, 0.4) is 0 Å². The van der Waals surface area contributed by atoms with Gasteiger partial charge in [-0.25, -0.2) is 4.79 Å². The fraction of sp³-hybridized carbons (Fsp3) is 0.474. The Kier molecular flexibility index (Phi) is 10.4. The third kappa shape index (κ3) is 9.50. The lowest BCUT2D eigenvalue weighted by Gasteiger charge is -2.24. The number of ether oxygens (including phenoxy) is 1. The second kappa shape index (κ2) is 12.6. The summed E-state index contributed by atoms with van der Waals surface area (Å²) in [5, 5.41) is 7.10. The molecule has 0 fully saturated rings. The molecule has 0 atom stereocenters. The van der Waals surface area contributed by atoms with Crippen molar-refractivity contribution in [3.63, 3.8) is 0 Å². The van der Waals surface area contributed by atoms with Gasteiger partial charge in [0.05, 0.1) is 25.5 Å². The first kappa shape index (κ1) is 22.3. The van der Waals surface area contributed by atoms with Crippen LogP contribution in [0.5, 0.6) is 0 Å². The number of nitrogens with zero attached hydrogens (tertiary/aromatic N) is 1. The molecule has 2 amide bonds. The molecule has 4 N–H and O–H groups in total. The van der Waals surface area contributed by atoms with Gasteiger partial charge >= 0.3 is 12.0 Å². The predicted molar refractivity (Wildman–Crippen MR) is 104 cm³/mol. The molecule has 0 spiro atoms. The molecule has 8 nitrogen and oxygen atoms in total. The number of rotatable bonds is 12. The monoisotopic (exact) mass is 378 g/mol. The number of carbonyl (C=O) groups is 2. The average Bonchev–Trinajstić information content (AvgIpc) is 2.66. The summed E-state index contributed by atoms with van der Waals surface area (Å²) in [6.45, 7) is 9.59. The van der Waals surface area contributed by atoms with Crippen molar-refractivity contribution in [2.75, 3.05) is 32.0 Å². The molecule has 0 radical (unpaired) electrons. The highest BCUT2D eigenvalue weighted by Gasteiger charge is 2.09. The highest BCUT2D eigenvalue weighted by Crippen LogP contribution is 2.05. The van der Waals surface area contributed by atoms with Gasteiger partial charge in [0.15, 0.2) is 0 Å². The van der Waals surface area contributed by atoms with Crippen LogP contribution in [0.25, 0.3) is 0 Å². The van der Waals surface area contributed by atoms with Crippen LogP contribution in [-0.4, -0.2) is 43.4 Å². The summed E-state index contributed by atoms with van der Waals surface area (Å²) in [7, 11) is 0. The topological polar surface area (TPSA) is 106 Å². The Labute approximate surface area is 160 Å². The Morgan fingerprint density at radius 1 is 1.19 bits per heavy atom. The first-order chi connectivity index (χ1) is 13.0. The van der Waals surface area contributed by atoms with Crippen molar-refractivity contribution in [2.24, 2.45) is 0 Å². The number of esters is 1. The van der Waals surface area contributed by atoms with Gasteiger partial charge in [-0.15, -0.1) is 0 Å². The number of nitrogen functional groups attached to an aromatic ring is 1. The largest absolute Gasteiger partial charge is 0.466 e. The SMILES string of the molecule is C=C(CNC(=O)NCc1ccc(N)cc1)N(CC)OCCCC(=O)OCC. The first-order valence-corrected chi connectivity index (χ1v) is 9.06. The molecule has 0 aromatic heterocycles. The molecule has 0 aliphatic rings. The zero-order valence-electron chi connectivity index (χ0n) is 16.1. The Bertz CT molecular complexity index is 604. The van der Waals surface area contributed by atoms with Crippen molar-refractivity contribution < 1.29 is 19.2 Å². The lowest BCUT2D eigenvalue weighted by Crippen LogP contribution is -2.38. The Balaban J connectivity index is 2.24. The van der Waals surface area contributed by atoms with Crippen molar-refractivity contribution in [3.05, 3.63) is 42.1 Å². The van der Waals surface area contributed by atoms with Crippen LogP contribution >= 0.6 is 0 Å². The maximum atomic E-state index is 11.9. The molecule has 0 saturated carbocycles. The van der Waals surface area contributed by atoms with Gasteiger partial charge in [-0.1, -0.05) is 18.7 Å².